The molecule has 1 amide bonds. The van der Waals surface area contributed by atoms with Gasteiger partial charge in [0.1, 0.15) is 6.54 Å². The molecule has 0 aromatic carbocycles. The van der Waals surface area contributed by atoms with Crippen molar-refractivity contribution in [3.63, 3.8) is 0 Å². The first-order valence-electron chi connectivity index (χ1n) is 6.67. The molecule has 8 heteroatoms. The molecule has 2 unspecified atom stereocenters. The lowest BCUT2D eigenvalue weighted by atomic mass is 9.56. The number of carbonyl (C=O) groups excluding carboxylic acids is 1. The molecule has 1 aliphatic carbocycles. The van der Waals surface area contributed by atoms with Crippen molar-refractivity contribution in [3.05, 3.63) is 11.9 Å². The monoisotopic (exact) mass is 296 g/mol. The number of hydrogen-bond acceptors (Lipinski definition) is 5. The van der Waals surface area contributed by atoms with Crippen LogP contribution in [0.1, 0.15) is 37.7 Å². The number of amides is 1. The average molecular weight is 296 g/mol. The zero-order valence-corrected chi connectivity index (χ0v) is 12.6. The third-order valence-corrected chi connectivity index (χ3v) is 4.68. The normalized spacial score (nSPS) is 27.0. The Hall–Kier alpha value is -1.96. The number of carboxylic acids is 1. The molecule has 2 atom stereocenters. The molecule has 1 saturated carbocycles. The van der Waals surface area contributed by atoms with E-state index in [0.29, 0.717) is 0 Å². The fraction of sp³-hybridized carbons (Fsp3) is 0.692. The Labute approximate surface area is 122 Å². The van der Waals surface area contributed by atoms with Gasteiger partial charge in [0.15, 0.2) is 5.69 Å². The maximum atomic E-state index is 12.0. The van der Waals surface area contributed by atoms with E-state index in [1.54, 1.807) is 7.11 Å². The topological polar surface area (TPSA) is 106 Å². The third-order valence-electron chi connectivity index (χ3n) is 4.68. The van der Waals surface area contributed by atoms with Crippen molar-refractivity contribution in [1.29, 1.82) is 0 Å². The number of rotatable bonds is 5. The second kappa shape index (κ2) is 5.10. The maximum absolute atomic E-state index is 12.0. The van der Waals surface area contributed by atoms with Crippen LogP contribution in [0.2, 0.25) is 0 Å². The van der Waals surface area contributed by atoms with E-state index < -0.39 is 5.97 Å². The van der Waals surface area contributed by atoms with Crippen LogP contribution in [0.3, 0.4) is 0 Å². The molecule has 0 bridgehead atoms. The lowest BCUT2D eigenvalue weighted by molar-refractivity contribution is -0.182. The van der Waals surface area contributed by atoms with Gasteiger partial charge in [-0.15, -0.1) is 5.10 Å². The summed E-state index contributed by atoms with van der Waals surface area (Å²) in [4.78, 5) is 22.7. The lowest BCUT2D eigenvalue weighted by Crippen LogP contribution is -2.68. The lowest BCUT2D eigenvalue weighted by Gasteiger charge is -2.59. The second-order valence-electron chi connectivity index (χ2n) is 6.09. The van der Waals surface area contributed by atoms with Crippen LogP contribution in [-0.4, -0.2) is 50.7 Å². The maximum Gasteiger partial charge on any atom is 0.358 e. The van der Waals surface area contributed by atoms with Crippen LogP contribution in [-0.2, 0) is 16.1 Å². The fourth-order valence-electron chi connectivity index (χ4n) is 2.58. The summed E-state index contributed by atoms with van der Waals surface area (Å²) in [6, 6.07) is 0.0115. The number of nitrogens with zero attached hydrogens (tertiary/aromatic N) is 3. The molecule has 21 heavy (non-hydrogen) atoms. The Morgan fingerprint density at radius 2 is 2.19 bits per heavy atom. The SMILES string of the molecule is COC1(C)CC(NC(=O)Cn2cc(C(=O)O)nn2)C1(C)C. The molecule has 1 heterocycles. The van der Waals surface area contributed by atoms with Crippen LogP contribution in [0.5, 0.6) is 0 Å². The zero-order chi connectivity index (χ0) is 15.8. The second-order valence-corrected chi connectivity index (χ2v) is 6.09. The van der Waals surface area contributed by atoms with Crippen LogP contribution >= 0.6 is 0 Å². The van der Waals surface area contributed by atoms with Crippen LogP contribution in [0.15, 0.2) is 6.20 Å². The van der Waals surface area contributed by atoms with E-state index in [1.807, 2.05) is 20.8 Å². The fourth-order valence-corrected chi connectivity index (χ4v) is 2.58. The van der Waals surface area contributed by atoms with Gasteiger partial charge in [-0.3, -0.25) is 4.79 Å². The molecule has 2 N–H and O–H groups in total. The predicted molar refractivity (Wildman–Crippen MR) is 72.7 cm³/mol. The molecule has 8 nitrogen and oxygen atoms in total. The van der Waals surface area contributed by atoms with E-state index in [-0.39, 0.29) is 35.2 Å². The highest BCUT2D eigenvalue weighted by Gasteiger charge is 2.58. The number of ether oxygens (including phenoxy) is 1. The van der Waals surface area contributed by atoms with Crippen molar-refractivity contribution >= 4 is 11.9 Å². The molecular weight excluding hydrogens is 276 g/mol. The molecule has 116 valence electrons. The van der Waals surface area contributed by atoms with Gasteiger partial charge < -0.3 is 15.2 Å². The molecular formula is C13H20N4O4. The predicted octanol–water partition coefficient (Wildman–Crippen LogP) is 0.296. The molecule has 0 saturated heterocycles. The van der Waals surface area contributed by atoms with Crippen molar-refractivity contribution in [2.75, 3.05) is 7.11 Å². The Balaban J connectivity index is 1.93. The molecule has 1 aliphatic rings. The number of hydrogen-bond donors (Lipinski definition) is 2. The van der Waals surface area contributed by atoms with Crippen LogP contribution in [0, 0.1) is 5.41 Å². The molecule has 0 aliphatic heterocycles. The minimum atomic E-state index is -1.17. The molecule has 0 spiro atoms. The summed E-state index contributed by atoms with van der Waals surface area (Å²) in [7, 11) is 1.67. The average Bonchev–Trinajstić information content (AvgIpc) is 2.86. The first-order chi connectivity index (χ1) is 9.69. The van der Waals surface area contributed by atoms with Crippen LogP contribution in [0.25, 0.3) is 0 Å². The van der Waals surface area contributed by atoms with Gasteiger partial charge in [0, 0.05) is 18.6 Å². The number of carbonyl (C=O) groups is 2. The minimum absolute atomic E-state index is 0.0115. The summed E-state index contributed by atoms with van der Waals surface area (Å²) < 4.78 is 6.71. The smallest absolute Gasteiger partial charge is 0.358 e. The van der Waals surface area contributed by atoms with Crippen LogP contribution in [0.4, 0.5) is 0 Å². The van der Waals surface area contributed by atoms with Crippen molar-refractivity contribution in [3.8, 4) is 0 Å². The summed E-state index contributed by atoms with van der Waals surface area (Å²) >= 11 is 0. The zero-order valence-electron chi connectivity index (χ0n) is 12.6. The summed E-state index contributed by atoms with van der Waals surface area (Å²) in [5.74, 6) is -1.40. The Kier molecular flexibility index (Phi) is 3.75. The van der Waals surface area contributed by atoms with Gasteiger partial charge in [0.25, 0.3) is 0 Å². The van der Waals surface area contributed by atoms with Crippen molar-refractivity contribution in [2.45, 2.75) is 45.4 Å². The number of carboxylic acid groups (broad SMARTS) is 1. The van der Waals surface area contributed by atoms with Crippen molar-refractivity contribution in [1.82, 2.24) is 20.3 Å². The highest BCUT2D eigenvalue weighted by molar-refractivity contribution is 5.84. The quantitative estimate of drug-likeness (QED) is 0.809. The van der Waals surface area contributed by atoms with Crippen LogP contribution < -0.4 is 5.32 Å². The van der Waals surface area contributed by atoms with Gasteiger partial charge in [0.05, 0.1) is 11.8 Å². The van der Waals surface area contributed by atoms with Crippen molar-refractivity contribution in [2.24, 2.45) is 5.41 Å². The van der Waals surface area contributed by atoms with E-state index >= 15 is 0 Å². The van der Waals surface area contributed by atoms with E-state index in [4.69, 9.17) is 9.84 Å². The first-order valence-corrected chi connectivity index (χ1v) is 6.67. The van der Waals surface area contributed by atoms with Gasteiger partial charge in [-0.1, -0.05) is 19.1 Å². The highest BCUT2D eigenvalue weighted by atomic mass is 16.5. The van der Waals surface area contributed by atoms with E-state index in [0.717, 1.165) is 6.42 Å². The van der Waals surface area contributed by atoms with Crippen molar-refractivity contribution < 1.29 is 19.4 Å². The molecule has 1 fully saturated rings. The highest BCUT2D eigenvalue weighted by Crippen LogP contribution is 2.51. The van der Waals surface area contributed by atoms with Gasteiger partial charge in [-0.05, 0) is 13.3 Å². The summed E-state index contributed by atoms with van der Waals surface area (Å²) in [6.45, 7) is 6.05. The molecule has 1 aromatic rings. The molecule has 2 rings (SSSR count). The van der Waals surface area contributed by atoms with Gasteiger partial charge in [-0.25, -0.2) is 9.48 Å². The van der Waals surface area contributed by atoms with E-state index in [1.165, 1.54) is 10.9 Å². The molecule has 0 radical (unpaired) electrons. The summed E-state index contributed by atoms with van der Waals surface area (Å²) in [6.07, 6.45) is 1.97. The summed E-state index contributed by atoms with van der Waals surface area (Å²) in [5, 5.41) is 18.7. The Bertz CT molecular complexity index is 568. The van der Waals surface area contributed by atoms with Gasteiger partial charge in [0.2, 0.25) is 5.91 Å². The number of methoxy groups -OCH3 is 1. The number of nitrogens with one attached hydrogen (secondary N) is 1. The van der Waals surface area contributed by atoms with E-state index in [9.17, 15) is 9.59 Å². The third kappa shape index (κ3) is 2.63. The largest absolute Gasteiger partial charge is 0.476 e. The number of aromatic carboxylic acids is 1. The number of aromatic nitrogens is 3. The first kappa shape index (κ1) is 15.4. The van der Waals surface area contributed by atoms with E-state index in [2.05, 4.69) is 15.6 Å². The standard InChI is InChI=1S/C13H20N4O4/c1-12(2)9(5-13(12,3)21-4)14-10(18)7-17-6-8(11(19)20)15-16-17/h6,9H,5,7H2,1-4H3,(H,14,18)(H,19,20). The molecule has 1 aromatic heterocycles. The van der Waals surface area contributed by atoms with Gasteiger partial charge >= 0.3 is 5.97 Å². The Morgan fingerprint density at radius 3 is 2.67 bits per heavy atom. The Morgan fingerprint density at radius 1 is 1.52 bits per heavy atom. The minimum Gasteiger partial charge on any atom is -0.476 e. The van der Waals surface area contributed by atoms with Gasteiger partial charge in [-0.2, -0.15) is 0 Å². The summed E-state index contributed by atoms with van der Waals surface area (Å²) in [5.41, 5.74) is -0.612.